The number of likely N-dealkylation sites (tertiary alicyclic amines) is 1. The SMILES string of the molecule is O=C(NCC(F)(F)F)C1CN(C(=O)COc2ccccc2F)C1. The summed E-state index contributed by atoms with van der Waals surface area (Å²) in [6.45, 7) is -1.77. The number of carbonyl (C=O) groups excluding carboxylic acids is 2. The molecule has 2 amide bonds. The standard InChI is InChI=1S/C14H14F4N2O3/c15-10-3-1-2-4-11(10)23-7-12(21)20-5-9(6-20)13(22)19-8-14(16,17)18/h1-4,9H,5-8H2,(H,19,22). The molecule has 1 heterocycles. The normalized spacial score (nSPS) is 15.0. The van der Waals surface area contributed by atoms with Gasteiger partial charge in [0.15, 0.2) is 18.2 Å². The minimum Gasteiger partial charge on any atom is -0.481 e. The van der Waals surface area contributed by atoms with E-state index >= 15 is 0 Å². The summed E-state index contributed by atoms with van der Waals surface area (Å²) in [5.74, 6) is -2.56. The number of alkyl halides is 3. The number of carbonyl (C=O) groups is 2. The van der Waals surface area contributed by atoms with Crippen LogP contribution in [0.15, 0.2) is 24.3 Å². The molecule has 9 heteroatoms. The van der Waals surface area contributed by atoms with Gasteiger partial charge in [-0.15, -0.1) is 0 Å². The van der Waals surface area contributed by atoms with Gasteiger partial charge in [0.2, 0.25) is 5.91 Å². The lowest BCUT2D eigenvalue weighted by atomic mass is 9.99. The summed E-state index contributed by atoms with van der Waals surface area (Å²) in [6, 6.07) is 5.58. The molecular formula is C14H14F4N2O3. The molecule has 1 saturated heterocycles. The fourth-order valence-corrected chi connectivity index (χ4v) is 1.97. The number of nitrogens with zero attached hydrogens (tertiary/aromatic N) is 1. The third-order valence-electron chi connectivity index (χ3n) is 3.26. The smallest absolute Gasteiger partial charge is 0.405 e. The molecule has 1 aromatic rings. The van der Waals surface area contributed by atoms with Crippen LogP contribution in [0.4, 0.5) is 17.6 Å². The Hall–Kier alpha value is -2.32. The van der Waals surface area contributed by atoms with Crippen LogP contribution in [0, 0.1) is 11.7 Å². The summed E-state index contributed by atoms with van der Waals surface area (Å²) in [5.41, 5.74) is 0. The van der Waals surface area contributed by atoms with E-state index in [1.165, 1.54) is 23.1 Å². The van der Waals surface area contributed by atoms with E-state index in [0.717, 1.165) is 0 Å². The lowest BCUT2D eigenvalue weighted by Crippen LogP contribution is -2.57. The number of amides is 2. The van der Waals surface area contributed by atoms with Gasteiger partial charge in [0.1, 0.15) is 6.54 Å². The molecule has 1 fully saturated rings. The van der Waals surface area contributed by atoms with Crippen LogP contribution < -0.4 is 10.1 Å². The Morgan fingerprint density at radius 2 is 1.91 bits per heavy atom. The zero-order chi connectivity index (χ0) is 17.0. The third-order valence-corrected chi connectivity index (χ3v) is 3.26. The van der Waals surface area contributed by atoms with Gasteiger partial charge in [0, 0.05) is 13.1 Å². The molecule has 1 aromatic carbocycles. The number of benzene rings is 1. The molecule has 0 spiro atoms. The van der Waals surface area contributed by atoms with Crippen molar-refractivity contribution in [3.8, 4) is 5.75 Å². The molecule has 126 valence electrons. The summed E-state index contributed by atoms with van der Waals surface area (Å²) in [7, 11) is 0. The maximum absolute atomic E-state index is 13.3. The quantitative estimate of drug-likeness (QED) is 0.827. The van der Waals surface area contributed by atoms with Crippen molar-refractivity contribution >= 4 is 11.8 Å². The third kappa shape index (κ3) is 4.83. The largest absolute Gasteiger partial charge is 0.481 e. The molecule has 0 atom stereocenters. The minimum atomic E-state index is -4.47. The van der Waals surface area contributed by atoms with E-state index < -0.39 is 42.9 Å². The van der Waals surface area contributed by atoms with E-state index in [-0.39, 0.29) is 18.8 Å². The van der Waals surface area contributed by atoms with Gasteiger partial charge in [0.05, 0.1) is 5.92 Å². The van der Waals surface area contributed by atoms with Gasteiger partial charge < -0.3 is 15.0 Å². The van der Waals surface area contributed by atoms with Crippen LogP contribution in [-0.4, -0.2) is 49.1 Å². The Bertz CT molecular complexity index is 586. The molecule has 1 N–H and O–H groups in total. The number of para-hydroxylation sites is 1. The molecule has 0 aromatic heterocycles. The Morgan fingerprint density at radius 1 is 1.26 bits per heavy atom. The first kappa shape index (κ1) is 17.0. The predicted molar refractivity (Wildman–Crippen MR) is 71.0 cm³/mol. The highest BCUT2D eigenvalue weighted by Crippen LogP contribution is 2.19. The van der Waals surface area contributed by atoms with Crippen LogP contribution in [0.3, 0.4) is 0 Å². The minimum absolute atomic E-state index is 0.0170. The molecule has 1 aliphatic rings. The van der Waals surface area contributed by atoms with E-state index in [1.807, 2.05) is 0 Å². The predicted octanol–water partition coefficient (Wildman–Crippen LogP) is 1.34. The molecule has 0 aliphatic carbocycles. The molecule has 5 nitrogen and oxygen atoms in total. The van der Waals surface area contributed by atoms with E-state index in [9.17, 15) is 27.2 Å². The van der Waals surface area contributed by atoms with Crippen molar-refractivity contribution < 1.29 is 31.9 Å². The number of hydrogen-bond acceptors (Lipinski definition) is 3. The van der Waals surface area contributed by atoms with Crippen LogP contribution in [0.25, 0.3) is 0 Å². The highest BCUT2D eigenvalue weighted by Gasteiger charge is 2.37. The van der Waals surface area contributed by atoms with Crippen molar-refractivity contribution in [2.45, 2.75) is 6.18 Å². The van der Waals surface area contributed by atoms with E-state index in [2.05, 4.69) is 0 Å². The van der Waals surface area contributed by atoms with Crippen molar-refractivity contribution in [3.05, 3.63) is 30.1 Å². The molecule has 0 saturated carbocycles. The average Bonchev–Trinajstić information content (AvgIpc) is 2.42. The first-order valence-corrected chi connectivity index (χ1v) is 6.76. The Morgan fingerprint density at radius 3 is 2.52 bits per heavy atom. The fourth-order valence-electron chi connectivity index (χ4n) is 1.97. The summed E-state index contributed by atoms with van der Waals surface area (Å²) in [5, 5.41) is 1.77. The van der Waals surface area contributed by atoms with Gasteiger partial charge in [-0.25, -0.2) is 4.39 Å². The molecule has 23 heavy (non-hydrogen) atoms. The summed E-state index contributed by atoms with van der Waals surface area (Å²) in [6.07, 6.45) is -4.47. The average molecular weight is 334 g/mol. The van der Waals surface area contributed by atoms with Gasteiger partial charge in [-0.1, -0.05) is 12.1 Å². The number of nitrogens with one attached hydrogen (secondary N) is 1. The zero-order valence-corrected chi connectivity index (χ0v) is 11.9. The Balaban J connectivity index is 1.71. The lowest BCUT2D eigenvalue weighted by molar-refractivity contribution is -0.150. The van der Waals surface area contributed by atoms with Crippen molar-refractivity contribution in [3.63, 3.8) is 0 Å². The topological polar surface area (TPSA) is 58.6 Å². The second-order valence-electron chi connectivity index (χ2n) is 5.05. The molecule has 0 radical (unpaired) electrons. The van der Waals surface area contributed by atoms with Crippen molar-refractivity contribution in [1.82, 2.24) is 10.2 Å². The highest BCUT2D eigenvalue weighted by molar-refractivity contribution is 5.85. The number of halogens is 4. The van der Waals surface area contributed by atoms with Gasteiger partial charge in [-0.3, -0.25) is 9.59 Å². The second-order valence-corrected chi connectivity index (χ2v) is 5.05. The molecule has 0 unspecified atom stereocenters. The highest BCUT2D eigenvalue weighted by atomic mass is 19.4. The Labute approximate surface area is 129 Å². The molecular weight excluding hydrogens is 320 g/mol. The van der Waals surface area contributed by atoms with E-state index in [1.54, 1.807) is 11.4 Å². The van der Waals surface area contributed by atoms with E-state index in [0.29, 0.717) is 0 Å². The zero-order valence-electron chi connectivity index (χ0n) is 11.9. The van der Waals surface area contributed by atoms with Crippen LogP contribution in [0.5, 0.6) is 5.75 Å². The van der Waals surface area contributed by atoms with Crippen LogP contribution in [-0.2, 0) is 9.59 Å². The molecule has 2 rings (SSSR count). The van der Waals surface area contributed by atoms with Gasteiger partial charge in [-0.2, -0.15) is 13.2 Å². The first-order chi connectivity index (χ1) is 10.8. The Kier molecular flexibility index (Phi) is 5.07. The monoisotopic (exact) mass is 334 g/mol. The number of hydrogen-bond donors (Lipinski definition) is 1. The summed E-state index contributed by atoms with van der Waals surface area (Å²) >= 11 is 0. The summed E-state index contributed by atoms with van der Waals surface area (Å²) in [4.78, 5) is 24.5. The summed E-state index contributed by atoms with van der Waals surface area (Å²) < 4.78 is 54.2. The van der Waals surface area contributed by atoms with Crippen molar-refractivity contribution in [1.29, 1.82) is 0 Å². The van der Waals surface area contributed by atoms with E-state index in [4.69, 9.17) is 4.74 Å². The van der Waals surface area contributed by atoms with Crippen LogP contribution in [0.1, 0.15) is 0 Å². The first-order valence-electron chi connectivity index (χ1n) is 6.76. The van der Waals surface area contributed by atoms with Crippen LogP contribution in [0.2, 0.25) is 0 Å². The molecule has 0 bridgehead atoms. The van der Waals surface area contributed by atoms with Crippen molar-refractivity contribution in [2.24, 2.45) is 5.92 Å². The maximum atomic E-state index is 13.3. The van der Waals surface area contributed by atoms with Gasteiger partial charge >= 0.3 is 6.18 Å². The number of ether oxygens (including phenoxy) is 1. The fraction of sp³-hybridized carbons (Fsp3) is 0.429. The van der Waals surface area contributed by atoms with Gasteiger partial charge in [0.25, 0.3) is 5.91 Å². The maximum Gasteiger partial charge on any atom is 0.405 e. The lowest BCUT2D eigenvalue weighted by Gasteiger charge is -2.38. The van der Waals surface area contributed by atoms with Crippen LogP contribution >= 0.6 is 0 Å². The number of rotatable bonds is 5. The second kappa shape index (κ2) is 6.84. The van der Waals surface area contributed by atoms with Gasteiger partial charge in [-0.05, 0) is 12.1 Å². The van der Waals surface area contributed by atoms with Crippen molar-refractivity contribution in [2.75, 3.05) is 26.2 Å². The molecule has 1 aliphatic heterocycles.